The topological polar surface area (TPSA) is 49.9 Å². The summed E-state index contributed by atoms with van der Waals surface area (Å²) in [5.41, 5.74) is 1.05. The number of hydrogen-bond acceptors (Lipinski definition) is 4. The first kappa shape index (κ1) is 25.2. The van der Waals surface area contributed by atoms with Crippen molar-refractivity contribution in [1.82, 2.24) is 9.80 Å². The molecule has 5 nitrogen and oxygen atoms in total. The van der Waals surface area contributed by atoms with Gasteiger partial charge in [0.05, 0.1) is 12.6 Å². The van der Waals surface area contributed by atoms with Gasteiger partial charge in [0.25, 0.3) is 0 Å². The van der Waals surface area contributed by atoms with Gasteiger partial charge < -0.3 is 14.5 Å². The smallest absolute Gasteiger partial charge is 0.242 e. The Morgan fingerprint density at radius 2 is 1.94 bits per heavy atom. The predicted molar refractivity (Wildman–Crippen MR) is 130 cm³/mol. The van der Waals surface area contributed by atoms with E-state index in [1.54, 1.807) is 39.3 Å². The molecule has 180 valence electrons. The molecule has 1 atom stereocenters. The van der Waals surface area contributed by atoms with E-state index >= 15 is 0 Å². The van der Waals surface area contributed by atoms with Crippen molar-refractivity contribution in [2.24, 2.45) is 11.8 Å². The molecule has 2 amide bonds. The zero-order chi connectivity index (χ0) is 24.0. The van der Waals surface area contributed by atoms with Gasteiger partial charge in [-0.25, -0.2) is 4.39 Å². The van der Waals surface area contributed by atoms with E-state index < -0.39 is 5.82 Å². The maximum Gasteiger partial charge on any atom is 0.242 e. The van der Waals surface area contributed by atoms with Crippen molar-refractivity contribution in [2.75, 3.05) is 26.2 Å². The van der Waals surface area contributed by atoms with Gasteiger partial charge in [-0.3, -0.25) is 9.59 Å². The monoisotopic (exact) mass is 474 g/mol. The lowest BCUT2D eigenvalue weighted by molar-refractivity contribution is -0.143. The number of carbonyl (C=O) groups excluding carboxylic acids is 2. The van der Waals surface area contributed by atoms with E-state index in [0.29, 0.717) is 25.4 Å². The lowest BCUT2D eigenvalue weighted by Gasteiger charge is -2.37. The van der Waals surface area contributed by atoms with E-state index in [2.05, 4.69) is 13.8 Å². The summed E-state index contributed by atoms with van der Waals surface area (Å²) in [6.07, 6.45) is 2.06. The fraction of sp³-hybridized carbons (Fsp3) is 0.538. The molecule has 3 rings (SSSR count). The molecule has 1 aliphatic rings. The molecule has 2 aromatic rings. The molecule has 0 N–H and O–H groups in total. The van der Waals surface area contributed by atoms with Crippen molar-refractivity contribution in [3.63, 3.8) is 0 Å². The minimum Gasteiger partial charge on any atom is -0.488 e. The van der Waals surface area contributed by atoms with Crippen LogP contribution in [0.4, 0.5) is 4.39 Å². The molecule has 1 aliphatic heterocycles. The summed E-state index contributed by atoms with van der Waals surface area (Å²) in [4.78, 5) is 31.1. The van der Waals surface area contributed by atoms with Crippen LogP contribution in [-0.2, 0) is 16.0 Å². The fourth-order valence-corrected chi connectivity index (χ4v) is 4.97. The molecular weight excluding hydrogens is 439 g/mol. The summed E-state index contributed by atoms with van der Waals surface area (Å²) in [5.74, 6) is 0.370. The molecule has 7 heteroatoms. The summed E-state index contributed by atoms with van der Waals surface area (Å²) in [7, 11) is 0. The quantitative estimate of drug-likeness (QED) is 0.469. The van der Waals surface area contributed by atoms with Crippen LogP contribution in [0.5, 0.6) is 5.75 Å². The largest absolute Gasteiger partial charge is 0.488 e. The van der Waals surface area contributed by atoms with Gasteiger partial charge in [-0.15, -0.1) is 11.3 Å². The molecule has 33 heavy (non-hydrogen) atoms. The molecule has 0 spiro atoms. The first-order valence-electron chi connectivity index (χ1n) is 11.8. The van der Waals surface area contributed by atoms with Crippen LogP contribution in [0.1, 0.15) is 57.0 Å². The highest BCUT2D eigenvalue weighted by atomic mass is 32.1. The van der Waals surface area contributed by atoms with E-state index in [9.17, 15) is 14.0 Å². The predicted octanol–water partition coefficient (Wildman–Crippen LogP) is 5.31. The Bertz CT molecular complexity index is 943. The van der Waals surface area contributed by atoms with Crippen molar-refractivity contribution in [2.45, 2.75) is 53.0 Å². The van der Waals surface area contributed by atoms with Gasteiger partial charge in [-0.05, 0) is 53.8 Å². The SMILES string of the molecule is CC(C)CCN(CC(=O)N1CCc2sccc2[C@H]1COc1ccccc1F)C(=O)CC(C)C. The number of fused-ring (bicyclic) bond motifs is 1. The van der Waals surface area contributed by atoms with Crippen LogP contribution in [0.2, 0.25) is 0 Å². The highest BCUT2D eigenvalue weighted by Gasteiger charge is 2.33. The number of rotatable bonds is 10. The average Bonchev–Trinajstić information content (AvgIpc) is 3.24. The van der Waals surface area contributed by atoms with Gasteiger partial charge in [-0.1, -0.05) is 39.8 Å². The van der Waals surface area contributed by atoms with Crippen molar-refractivity contribution >= 4 is 23.2 Å². The third kappa shape index (κ3) is 6.79. The van der Waals surface area contributed by atoms with E-state index in [4.69, 9.17) is 4.74 Å². The number of halogens is 1. The Hall–Kier alpha value is -2.41. The number of amides is 2. The fourth-order valence-electron chi connectivity index (χ4n) is 4.04. The Kier molecular flexibility index (Phi) is 8.89. The molecule has 2 heterocycles. The van der Waals surface area contributed by atoms with E-state index in [1.807, 2.05) is 25.3 Å². The molecule has 0 fully saturated rings. The number of para-hydroxylation sites is 1. The van der Waals surface area contributed by atoms with Crippen LogP contribution < -0.4 is 4.74 Å². The van der Waals surface area contributed by atoms with E-state index in [0.717, 1.165) is 18.4 Å². The second-order valence-corrected chi connectivity index (χ2v) is 10.5. The Balaban J connectivity index is 1.76. The second-order valence-electron chi connectivity index (χ2n) is 9.49. The first-order valence-corrected chi connectivity index (χ1v) is 12.6. The normalized spacial score (nSPS) is 15.6. The molecular formula is C26H35FN2O3S. The van der Waals surface area contributed by atoms with Crippen molar-refractivity contribution in [1.29, 1.82) is 0 Å². The van der Waals surface area contributed by atoms with Crippen LogP contribution in [-0.4, -0.2) is 47.9 Å². The van der Waals surface area contributed by atoms with Gasteiger partial charge >= 0.3 is 0 Å². The van der Waals surface area contributed by atoms with Gasteiger partial charge in [-0.2, -0.15) is 0 Å². The summed E-state index contributed by atoms with van der Waals surface area (Å²) in [6.45, 7) is 9.63. The maximum absolute atomic E-state index is 14.1. The van der Waals surface area contributed by atoms with Crippen molar-refractivity contribution in [3.05, 3.63) is 52.0 Å². The van der Waals surface area contributed by atoms with Crippen LogP contribution in [0.3, 0.4) is 0 Å². The molecule has 0 saturated carbocycles. The maximum atomic E-state index is 14.1. The van der Waals surface area contributed by atoms with Crippen LogP contribution in [0, 0.1) is 17.7 Å². The highest BCUT2D eigenvalue weighted by Crippen LogP contribution is 2.34. The number of benzene rings is 1. The lowest BCUT2D eigenvalue weighted by atomic mass is 10.00. The number of nitrogens with zero attached hydrogens (tertiary/aromatic N) is 2. The molecule has 1 aromatic heterocycles. The molecule has 0 radical (unpaired) electrons. The van der Waals surface area contributed by atoms with Crippen LogP contribution in [0.25, 0.3) is 0 Å². The third-order valence-electron chi connectivity index (χ3n) is 5.89. The van der Waals surface area contributed by atoms with Gasteiger partial charge in [0.2, 0.25) is 11.8 Å². The third-order valence-corrected chi connectivity index (χ3v) is 6.88. The van der Waals surface area contributed by atoms with Crippen LogP contribution >= 0.6 is 11.3 Å². The summed E-state index contributed by atoms with van der Waals surface area (Å²) >= 11 is 1.67. The zero-order valence-corrected chi connectivity index (χ0v) is 20.9. The zero-order valence-electron chi connectivity index (χ0n) is 20.1. The highest BCUT2D eigenvalue weighted by molar-refractivity contribution is 7.10. The Morgan fingerprint density at radius 1 is 1.18 bits per heavy atom. The second kappa shape index (κ2) is 11.6. The Morgan fingerprint density at radius 3 is 2.64 bits per heavy atom. The molecule has 0 saturated heterocycles. The first-order chi connectivity index (χ1) is 15.8. The Labute approximate surface area is 200 Å². The standard InChI is InChI=1S/C26H35FN2O3S/c1-18(2)9-12-28(25(30)15-19(3)4)16-26(31)29-13-10-24-20(11-14-33-24)22(29)17-32-23-8-6-5-7-21(23)27/h5-8,11,14,18-19,22H,9-10,12-13,15-17H2,1-4H3/t22-/m1/s1. The van der Waals surface area contributed by atoms with E-state index in [1.165, 1.54) is 10.9 Å². The summed E-state index contributed by atoms with van der Waals surface area (Å²) in [6, 6.07) is 8.02. The lowest BCUT2D eigenvalue weighted by Crippen LogP contribution is -2.48. The minimum absolute atomic E-state index is 0.0198. The van der Waals surface area contributed by atoms with Gasteiger partial charge in [0, 0.05) is 24.4 Å². The van der Waals surface area contributed by atoms with Gasteiger partial charge in [0.15, 0.2) is 11.6 Å². The molecule has 0 unspecified atom stereocenters. The van der Waals surface area contributed by atoms with Crippen LogP contribution in [0.15, 0.2) is 35.7 Å². The number of ether oxygens (including phenoxy) is 1. The number of hydrogen-bond donors (Lipinski definition) is 0. The summed E-state index contributed by atoms with van der Waals surface area (Å²) in [5, 5.41) is 2.02. The average molecular weight is 475 g/mol. The van der Waals surface area contributed by atoms with Crippen molar-refractivity contribution in [3.8, 4) is 5.75 Å². The summed E-state index contributed by atoms with van der Waals surface area (Å²) < 4.78 is 19.9. The minimum atomic E-state index is -0.420. The molecule has 1 aromatic carbocycles. The molecule has 0 bridgehead atoms. The number of carbonyl (C=O) groups is 2. The molecule has 0 aliphatic carbocycles. The van der Waals surface area contributed by atoms with E-state index in [-0.39, 0.29) is 42.7 Å². The van der Waals surface area contributed by atoms with Crippen molar-refractivity contribution < 1.29 is 18.7 Å². The van der Waals surface area contributed by atoms with Gasteiger partial charge in [0.1, 0.15) is 6.61 Å². The number of thiophene rings is 1.